The highest BCUT2D eigenvalue weighted by molar-refractivity contribution is 5.94. The summed E-state index contributed by atoms with van der Waals surface area (Å²) < 4.78 is 72.1. The highest BCUT2D eigenvalue weighted by Gasteiger charge is 2.79. The number of pyridine rings is 1. The van der Waals surface area contributed by atoms with Gasteiger partial charge in [0.05, 0.1) is 0 Å². The zero-order valence-corrected chi connectivity index (χ0v) is 26.9. The van der Waals surface area contributed by atoms with Crippen molar-refractivity contribution in [3.8, 4) is 0 Å². The van der Waals surface area contributed by atoms with Crippen LogP contribution in [0.25, 0.3) is 0 Å². The Labute approximate surface area is 276 Å². The number of carbonyl (C=O) groups excluding carboxylic acids is 2. The van der Waals surface area contributed by atoms with E-state index in [9.17, 15) is 27.9 Å². The summed E-state index contributed by atoms with van der Waals surface area (Å²) in [5.74, 6) is -6.77. The SMILES string of the molecule is C[C@]12C[C@H](c3ccc(C(=O)N4CCN(Cc5ccncc5)CC4)cc3)C3=C4CCC(=O)C=C4CC[C@H]3[C@@H]1CC[C@]2(O)C(F)(F)C(F)(F)F. The molecule has 6 nitrogen and oxygen atoms in total. The Morgan fingerprint density at radius 2 is 1.65 bits per heavy atom. The van der Waals surface area contributed by atoms with Crippen LogP contribution < -0.4 is 0 Å². The third kappa shape index (κ3) is 5.23. The van der Waals surface area contributed by atoms with Crippen LogP contribution in [-0.2, 0) is 11.3 Å². The number of nitrogens with zero attached hydrogens (tertiary/aromatic N) is 3. The first-order valence-electron chi connectivity index (χ1n) is 16.9. The van der Waals surface area contributed by atoms with Gasteiger partial charge < -0.3 is 10.0 Å². The summed E-state index contributed by atoms with van der Waals surface area (Å²) in [5, 5.41) is 11.5. The molecule has 2 heterocycles. The molecule has 1 N–H and O–H groups in total. The lowest BCUT2D eigenvalue weighted by Gasteiger charge is -2.56. The molecule has 2 saturated carbocycles. The van der Waals surface area contributed by atoms with Crippen molar-refractivity contribution in [3.63, 3.8) is 0 Å². The molecule has 0 unspecified atom stereocenters. The lowest BCUT2D eigenvalue weighted by Crippen LogP contribution is -2.65. The van der Waals surface area contributed by atoms with Crippen LogP contribution in [-0.4, -0.2) is 75.5 Å². The van der Waals surface area contributed by atoms with E-state index in [-0.39, 0.29) is 30.4 Å². The second-order valence-electron chi connectivity index (χ2n) is 14.5. The molecule has 4 aliphatic carbocycles. The zero-order valence-electron chi connectivity index (χ0n) is 26.9. The van der Waals surface area contributed by atoms with Gasteiger partial charge in [0.2, 0.25) is 0 Å². The van der Waals surface area contributed by atoms with Gasteiger partial charge in [-0.25, -0.2) is 0 Å². The molecule has 1 aliphatic heterocycles. The van der Waals surface area contributed by atoms with E-state index < -0.39 is 41.4 Å². The van der Waals surface area contributed by atoms with Gasteiger partial charge in [-0.2, -0.15) is 22.0 Å². The molecule has 5 aliphatic rings. The minimum Gasteiger partial charge on any atom is -0.383 e. The van der Waals surface area contributed by atoms with E-state index in [1.165, 1.54) is 6.92 Å². The van der Waals surface area contributed by atoms with Crippen LogP contribution in [0, 0.1) is 17.3 Å². The number of rotatable bonds is 5. The second kappa shape index (κ2) is 11.9. The molecule has 11 heteroatoms. The maximum Gasteiger partial charge on any atom is 0.456 e. The van der Waals surface area contributed by atoms with Gasteiger partial charge in [-0.05, 0) is 103 Å². The lowest BCUT2D eigenvalue weighted by atomic mass is 9.50. The highest BCUT2D eigenvalue weighted by atomic mass is 19.4. The van der Waals surface area contributed by atoms with Crippen molar-refractivity contribution in [2.45, 2.75) is 82.0 Å². The number of aliphatic hydroxyl groups is 1. The number of halogens is 5. The van der Waals surface area contributed by atoms with E-state index >= 15 is 8.78 Å². The van der Waals surface area contributed by atoms with Crippen molar-refractivity contribution < 1.29 is 36.6 Å². The van der Waals surface area contributed by atoms with Gasteiger partial charge in [0.1, 0.15) is 5.60 Å². The van der Waals surface area contributed by atoms with Crippen LogP contribution in [0.1, 0.15) is 79.3 Å². The normalized spacial score (nSPS) is 31.2. The fourth-order valence-corrected chi connectivity index (χ4v) is 9.61. The molecule has 1 saturated heterocycles. The average molecular weight is 670 g/mol. The Bertz CT molecular complexity index is 1650. The lowest BCUT2D eigenvalue weighted by molar-refractivity contribution is -0.362. The summed E-state index contributed by atoms with van der Waals surface area (Å²) in [6.07, 6.45) is 0.501. The Morgan fingerprint density at radius 1 is 0.958 bits per heavy atom. The van der Waals surface area contributed by atoms with Crippen molar-refractivity contribution in [1.29, 1.82) is 0 Å². The van der Waals surface area contributed by atoms with Gasteiger partial charge >= 0.3 is 12.1 Å². The number of alkyl halides is 5. The summed E-state index contributed by atoms with van der Waals surface area (Å²) in [5.41, 5.74) is 0.308. The molecule has 1 aromatic heterocycles. The van der Waals surface area contributed by atoms with Gasteiger partial charge in [0.15, 0.2) is 5.78 Å². The number of hydrogen-bond donors (Lipinski definition) is 1. The minimum atomic E-state index is -5.90. The van der Waals surface area contributed by atoms with E-state index in [1.54, 1.807) is 47.6 Å². The van der Waals surface area contributed by atoms with E-state index in [1.807, 2.05) is 12.1 Å². The number of piperazine rings is 1. The summed E-state index contributed by atoms with van der Waals surface area (Å²) in [6.45, 7) is 4.75. The maximum atomic E-state index is 15.3. The monoisotopic (exact) mass is 669 g/mol. The fraction of sp³-hybridized carbons (Fsp3) is 0.541. The van der Waals surface area contributed by atoms with Crippen molar-refractivity contribution in [2.24, 2.45) is 17.3 Å². The van der Waals surface area contributed by atoms with Crippen LogP contribution in [0.4, 0.5) is 22.0 Å². The van der Waals surface area contributed by atoms with Gasteiger partial charge in [0.25, 0.3) is 5.91 Å². The standard InChI is InChI=1S/C37H40F5N3O3/c1-34-21-30(24-2-4-25(5-3-24)33(47)45-18-16-44(17-19-45)22-23-11-14-43-15-12-23)32-28-9-7-27(46)20-26(28)6-8-29(32)31(34)10-13-35(34,48)36(38,39)37(40,41)42/h2-5,11-12,14-15,20,29-31,48H,6-10,13,16-19,21-22H2,1H3/t29-,30+,31-,34-,35+/m0/s1. The number of allylic oxidation sites excluding steroid dienone is 4. The Kier molecular flexibility index (Phi) is 8.17. The van der Waals surface area contributed by atoms with Crippen LogP contribution in [0.5, 0.6) is 0 Å². The number of aromatic nitrogens is 1. The fourth-order valence-electron chi connectivity index (χ4n) is 9.61. The second-order valence-corrected chi connectivity index (χ2v) is 14.5. The topological polar surface area (TPSA) is 73.7 Å². The van der Waals surface area contributed by atoms with Crippen molar-refractivity contribution in [1.82, 2.24) is 14.8 Å². The number of benzene rings is 1. The molecule has 1 amide bonds. The number of hydrogen-bond acceptors (Lipinski definition) is 5. The largest absolute Gasteiger partial charge is 0.456 e. The van der Waals surface area contributed by atoms with Crippen molar-refractivity contribution in [3.05, 3.63) is 88.3 Å². The molecular formula is C37H40F5N3O3. The summed E-state index contributed by atoms with van der Waals surface area (Å²) >= 11 is 0. The Morgan fingerprint density at radius 3 is 2.31 bits per heavy atom. The van der Waals surface area contributed by atoms with Crippen molar-refractivity contribution in [2.75, 3.05) is 26.2 Å². The van der Waals surface area contributed by atoms with E-state index in [4.69, 9.17) is 0 Å². The zero-order chi connectivity index (χ0) is 34.1. The van der Waals surface area contributed by atoms with Crippen LogP contribution in [0.15, 0.2) is 71.6 Å². The molecule has 3 fully saturated rings. The quantitative estimate of drug-likeness (QED) is 0.352. The van der Waals surface area contributed by atoms with Gasteiger partial charge in [0, 0.05) is 68.4 Å². The number of ketones is 1. The molecule has 256 valence electrons. The molecule has 5 atom stereocenters. The highest BCUT2D eigenvalue weighted by Crippen LogP contribution is 2.70. The minimum absolute atomic E-state index is 0.0334. The van der Waals surface area contributed by atoms with Crippen LogP contribution in [0.2, 0.25) is 0 Å². The first-order valence-corrected chi connectivity index (χ1v) is 16.9. The first kappa shape index (κ1) is 33.1. The average Bonchev–Trinajstić information content (AvgIpc) is 3.35. The number of carbonyl (C=O) groups is 2. The molecule has 0 radical (unpaired) electrons. The van der Waals surface area contributed by atoms with Crippen molar-refractivity contribution >= 4 is 11.7 Å². The summed E-state index contributed by atoms with van der Waals surface area (Å²) in [4.78, 5) is 34.0. The molecule has 48 heavy (non-hydrogen) atoms. The predicted octanol–water partition coefficient (Wildman–Crippen LogP) is 6.87. The molecular weight excluding hydrogens is 629 g/mol. The molecule has 7 rings (SSSR count). The number of amides is 1. The van der Waals surface area contributed by atoms with Gasteiger partial charge in [-0.1, -0.05) is 24.6 Å². The smallest absolute Gasteiger partial charge is 0.383 e. The van der Waals surface area contributed by atoms with Crippen LogP contribution >= 0.6 is 0 Å². The summed E-state index contributed by atoms with van der Waals surface area (Å²) in [7, 11) is 0. The molecule has 2 aromatic rings. The maximum absolute atomic E-state index is 15.3. The molecule has 1 aromatic carbocycles. The predicted molar refractivity (Wildman–Crippen MR) is 168 cm³/mol. The Balaban J connectivity index is 1.18. The van der Waals surface area contributed by atoms with E-state index in [2.05, 4.69) is 9.88 Å². The summed E-state index contributed by atoms with van der Waals surface area (Å²) in [6, 6.07) is 10.9. The molecule has 0 bridgehead atoms. The molecule has 0 spiro atoms. The third-order valence-corrected chi connectivity index (χ3v) is 12.1. The van der Waals surface area contributed by atoms with E-state index in [0.717, 1.165) is 41.9 Å². The van der Waals surface area contributed by atoms with Gasteiger partial charge in [-0.3, -0.25) is 19.5 Å². The third-order valence-electron chi connectivity index (χ3n) is 12.1. The first-order chi connectivity index (χ1) is 22.7. The van der Waals surface area contributed by atoms with E-state index in [0.29, 0.717) is 49.9 Å². The Hall–Kier alpha value is -3.44. The van der Waals surface area contributed by atoms with Gasteiger partial charge in [-0.15, -0.1) is 0 Å². The number of fused-ring (bicyclic) bond motifs is 4. The van der Waals surface area contributed by atoms with Crippen LogP contribution in [0.3, 0.4) is 0 Å².